The van der Waals surface area contributed by atoms with Crippen molar-refractivity contribution in [2.75, 3.05) is 20.2 Å². The Kier molecular flexibility index (Phi) is 6.39. The Balaban J connectivity index is 0.000000561. The van der Waals surface area contributed by atoms with Crippen molar-refractivity contribution in [1.82, 2.24) is 4.90 Å². The van der Waals surface area contributed by atoms with E-state index >= 15 is 0 Å². The molecule has 2 heteroatoms. The van der Waals surface area contributed by atoms with E-state index in [-0.39, 0.29) is 0 Å². The highest BCUT2D eigenvalue weighted by Gasteiger charge is 2.20. The molecule has 1 unspecified atom stereocenters. The number of hydrogen-bond acceptors (Lipinski definition) is 2. The molecule has 0 amide bonds. The second kappa shape index (κ2) is 6.44. The molecule has 1 rings (SSSR count). The quantitative estimate of drug-likeness (QED) is 0.648. The number of ether oxygens (including phenoxy) is 1. The zero-order valence-corrected chi connectivity index (χ0v) is 9.13. The van der Waals surface area contributed by atoms with Crippen molar-refractivity contribution in [1.29, 1.82) is 0 Å². The second-order valence-corrected chi connectivity index (χ2v) is 3.31. The van der Waals surface area contributed by atoms with Crippen molar-refractivity contribution >= 4 is 0 Å². The van der Waals surface area contributed by atoms with Gasteiger partial charge in [-0.25, -0.2) is 0 Å². The Morgan fingerprint density at radius 3 is 2.17 bits per heavy atom. The summed E-state index contributed by atoms with van der Waals surface area (Å²) in [5, 5.41) is 0. The molecule has 1 fully saturated rings. The predicted molar refractivity (Wildman–Crippen MR) is 53.5 cm³/mol. The molecule has 1 heterocycles. The minimum atomic E-state index is 0.521. The van der Waals surface area contributed by atoms with Crippen LogP contribution in [0.3, 0.4) is 0 Å². The van der Waals surface area contributed by atoms with Crippen LogP contribution < -0.4 is 0 Å². The SMILES string of the molecule is CC.CC(C)N(C)CC1CCO1. The van der Waals surface area contributed by atoms with Gasteiger partial charge < -0.3 is 9.64 Å². The largest absolute Gasteiger partial charge is 0.377 e. The van der Waals surface area contributed by atoms with Gasteiger partial charge >= 0.3 is 0 Å². The Bertz CT molecular complexity index is 100. The third-order valence-corrected chi connectivity index (χ3v) is 2.17. The predicted octanol–water partition coefficient (Wildman–Crippen LogP) is 2.14. The van der Waals surface area contributed by atoms with Crippen LogP contribution in [-0.2, 0) is 4.74 Å². The topological polar surface area (TPSA) is 12.5 Å². The maximum Gasteiger partial charge on any atom is 0.0723 e. The summed E-state index contributed by atoms with van der Waals surface area (Å²) in [6, 6.07) is 0.643. The third kappa shape index (κ3) is 4.07. The Morgan fingerprint density at radius 2 is 1.92 bits per heavy atom. The van der Waals surface area contributed by atoms with E-state index in [1.54, 1.807) is 0 Å². The fourth-order valence-electron chi connectivity index (χ4n) is 0.961. The van der Waals surface area contributed by atoms with E-state index in [2.05, 4.69) is 25.8 Å². The van der Waals surface area contributed by atoms with Crippen LogP contribution in [0.5, 0.6) is 0 Å². The monoisotopic (exact) mass is 173 g/mol. The molecule has 0 spiro atoms. The third-order valence-electron chi connectivity index (χ3n) is 2.17. The van der Waals surface area contributed by atoms with Crippen molar-refractivity contribution in [2.24, 2.45) is 0 Å². The van der Waals surface area contributed by atoms with Gasteiger partial charge in [0.05, 0.1) is 6.10 Å². The standard InChI is InChI=1S/C8H17NO.C2H6/c1-7(2)9(3)6-8-4-5-10-8;1-2/h7-8H,4-6H2,1-3H3;1-2H3. The molecule has 1 aliphatic heterocycles. The molecule has 0 saturated carbocycles. The molecule has 0 aromatic rings. The molecule has 12 heavy (non-hydrogen) atoms. The molecule has 0 aliphatic carbocycles. The Labute approximate surface area is 76.9 Å². The van der Waals surface area contributed by atoms with E-state index in [9.17, 15) is 0 Å². The number of rotatable bonds is 3. The fourth-order valence-corrected chi connectivity index (χ4v) is 0.961. The highest BCUT2D eigenvalue weighted by Crippen LogP contribution is 2.12. The van der Waals surface area contributed by atoms with E-state index in [4.69, 9.17) is 4.74 Å². The van der Waals surface area contributed by atoms with E-state index in [1.165, 1.54) is 6.42 Å². The van der Waals surface area contributed by atoms with Crippen LogP contribution in [-0.4, -0.2) is 37.2 Å². The Morgan fingerprint density at radius 1 is 1.42 bits per heavy atom. The molecule has 1 saturated heterocycles. The minimum Gasteiger partial charge on any atom is -0.377 e. The van der Waals surface area contributed by atoms with Crippen LogP contribution >= 0.6 is 0 Å². The van der Waals surface area contributed by atoms with Gasteiger partial charge in [0.25, 0.3) is 0 Å². The molecular weight excluding hydrogens is 150 g/mol. The van der Waals surface area contributed by atoms with Crippen molar-refractivity contribution in [3.63, 3.8) is 0 Å². The van der Waals surface area contributed by atoms with Crippen molar-refractivity contribution < 1.29 is 4.74 Å². The highest BCUT2D eigenvalue weighted by atomic mass is 16.5. The van der Waals surface area contributed by atoms with E-state index in [1.807, 2.05) is 13.8 Å². The maximum absolute atomic E-state index is 5.31. The zero-order chi connectivity index (χ0) is 9.56. The van der Waals surface area contributed by atoms with Gasteiger partial charge in [0.2, 0.25) is 0 Å². The summed E-state index contributed by atoms with van der Waals surface area (Å²) in [5.74, 6) is 0. The van der Waals surface area contributed by atoms with E-state index in [0.29, 0.717) is 12.1 Å². The summed E-state index contributed by atoms with van der Waals surface area (Å²) in [5.41, 5.74) is 0. The first kappa shape index (κ1) is 11.9. The summed E-state index contributed by atoms with van der Waals surface area (Å²) in [6.45, 7) is 10.5. The summed E-state index contributed by atoms with van der Waals surface area (Å²) >= 11 is 0. The summed E-state index contributed by atoms with van der Waals surface area (Å²) < 4.78 is 5.31. The van der Waals surface area contributed by atoms with Crippen LogP contribution in [0.15, 0.2) is 0 Å². The molecular formula is C10H23NO. The van der Waals surface area contributed by atoms with Crippen LogP contribution in [0.25, 0.3) is 0 Å². The van der Waals surface area contributed by atoms with Gasteiger partial charge in [0.15, 0.2) is 0 Å². The van der Waals surface area contributed by atoms with Crippen molar-refractivity contribution in [3.05, 3.63) is 0 Å². The average molecular weight is 173 g/mol. The van der Waals surface area contributed by atoms with Crippen LogP contribution in [0, 0.1) is 0 Å². The minimum absolute atomic E-state index is 0.521. The second-order valence-electron chi connectivity index (χ2n) is 3.31. The number of likely N-dealkylation sites (N-methyl/N-ethyl adjacent to an activating group) is 1. The molecule has 0 aromatic heterocycles. The summed E-state index contributed by atoms with van der Waals surface area (Å²) in [6.07, 6.45) is 1.77. The lowest BCUT2D eigenvalue weighted by Gasteiger charge is -2.32. The normalized spacial score (nSPS) is 21.8. The Hall–Kier alpha value is -0.0800. The lowest BCUT2D eigenvalue weighted by Crippen LogP contribution is -2.40. The molecule has 0 N–H and O–H groups in total. The van der Waals surface area contributed by atoms with Crippen LogP contribution in [0.2, 0.25) is 0 Å². The number of hydrogen-bond donors (Lipinski definition) is 0. The molecule has 0 aromatic carbocycles. The summed E-state index contributed by atoms with van der Waals surface area (Å²) in [7, 11) is 2.15. The molecule has 1 atom stereocenters. The van der Waals surface area contributed by atoms with Gasteiger partial charge in [-0.1, -0.05) is 13.8 Å². The van der Waals surface area contributed by atoms with Gasteiger partial charge in [-0.05, 0) is 27.3 Å². The zero-order valence-electron chi connectivity index (χ0n) is 9.13. The van der Waals surface area contributed by atoms with Crippen molar-refractivity contribution in [3.8, 4) is 0 Å². The summed E-state index contributed by atoms with van der Waals surface area (Å²) in [4.78, 5) is 2.32. The molecule has 0 bridgehead atoms. The van der Waals surface area contributed by atoms with Gasteiger partial charge in [-0.3, -0.25) is 0 Å². The first-order valence-electron chi connectivity index (χ1n) is 5.02. The molecule has 1 aliphatic rings. The maximum atomic E-state index is 5.31. The van der Waals surface area contributed by atoms with Crippen molar-refractivity contribution in [2.45, 2.75) is 46.3 Å². The molecule has 2 nitrogen and oxygen atoms in total. The van der Waals surface area contributed by atoms with Gasteiger partial charge in [0.1, 0.15) is 0 Å². The average Bonchev–Trinajstić information content (AvgIpc) is 2.00. The van der Waals surface area contributed by atoms with Crippen LogP contribution in [0.4, 0.5) is 0 Å². The lowest BCUT2D eigenvalue weighted by atomic mass is 10.1. The van der Waals surface area contributed by atoms with Crippen LogP contribution in [0.1, 0.15) is 34.1 Å². The first-order valence-corrected chi connectivity index (χ1v) is 5.02. The van der Waals surface area contributed by atoms with Gasteiger partial charge in [-0.2, -0.15) is 0 Å². The fraction of sp³-hybridized carbons (Fsp3) is 1.00. The number of nitrogens with zero attached hydrogens (tertiary/aromatic N) is 1. The highest BCUT2D eigenvalue weighted by molar-refractivity contribution is 4.71. The van der Waals surface area contributed by atoms with Gasteiger partial charge in [-0.15, -0.1) is 0 Å². The van der Waals surface area contributed by atoms with Gasteiger partial charge in [0, 0.05) is 19.2 Å². The van der Waals surface area contributed by atoms with E-state index < -0.39 is 0 Å². The molecule has 0 radical (unpaired) electrons. The van der Waals surface area contributed by atoms with E-state index in [0.717, 1.165) is 13.2 Å². The first-order chi connectivity index (χ1) is 5.70. The smallest absolute Gasteiger partial charge is 0.0723 e. The molecule has 74 valence electrons. The lowest BCUT2D eigenvalue weighted by molar-refractivity contribution is -0.0667.